The van der Waals surface area contributed by atoms with Crippen LogP contribution < -0.4 is 5.73 Å². The molecule has 2 N–H and O–H groups in total. The van der Waals surface area contributed by atoms with Gasteiger partial charge in [-0.3, -0.25) is 0 Å². The van der Waals surface area contributed by atoms with E-state index < -0.39 is 10.0 Å². The molecule has 112 valence electrons. The van der Waals surface area contributed by atoms with Crippen LogP contribution in [0, 0.1) is 18.8 Å². The fourth-order valence-electron chi connectivity index (χ4n) is 2.47. The first-order chi connectivity index (χ1) is 9.50. The van der Waals surface area contributed by atoms with Gasteiger partial charge in [-0.2, -0.15) is 4.31 Å². The second-order valence-electron chi connectivity index (χ2n) is 6.05. The van der Waals surface area contributed by atoms with Crippen molar-refractivity contribution in [1.82, 2.24) is 4.31 Å². The van der Waals surface area contributed by atoms with E-state index in [0.29, 0.717) is 36.4 Å². The number of rotatable bonds is 7. The number of hydrogen-bond acceptors (Lipinski definition) is 4. The van der Waals surface area contributed by atoms with Crippen LogP contribution in [0.4, 0.5) is 0 Å². The van der Waals surface area contributed by atoms with Gasteiger partial charge in [-0.1, -0.05) is 0 Å². The van der Waals surface area contributed by atoms with Crippen molar-refractivity contribution in [3.05, 3.63) is 15.8 Å². The first kappa shape index (κ1) is 14.5. The Morgan fingerprint density at radius 2 is 1.80 bits per heavy atom. The summed E-state index contributed by atoms with van der Waals surface area (Å²) in [6.07, 6.45) is 4.70. The lowest BCUT2D eigenvalue weighted by Gasteiger charge is -2.22. The number of nitrogens with two attached hydrogens (primary N) is 1. The average Bonchev–Trinajstić information content (AvgIpc) is 3.30. The van der Waals surface area contributed by atoms with E-state index in [2.05, 4.69) is 0 Å². The normalized spacial score (nSPS) is 19.8. The van der Waals surface area contributed by atoms with Gasteiger partial charge < -0.3 is 5.73 Å². The molecule has 20 heavy (non-hydrogen) atoms. The predicted octanol–water partition coefficient (Wildman–Crippen LogP) is 2.33. The van der Waals surface area contributed by atoms with Gasteiger partial charge in [0.25, 0.3) is 0 Å². The van der Waals surface area contributed by atoms with Crippen molar-refractivity contribution >= 4 is 21.4 Å². The summed E-state index contributed by atoms with van der Waals surface area (Å²) in [5, 5.41) is 0. The summed E-state index contributed by atoms with van der Waals surface area (Å²) in [7, 11) is -3.34. The van der Waals surface area contributed by atoms with Gasteiger partial charge in [-0.25, -0.2) is 8.42 Å². The molecule has 0 spiro atoms. The van der Waals surface area contributed by atoms with Gasteiger partial charge in [0.05, 0.1) is 4.90 Å². The monoisotopic (exact) mass is 314 g/mol. The van der Waals surface area contributed by atoms with E-state index in [-0.39, 0.29) is 0 Å². The molecule has 2 fully saturated rings. The number of hydrogen-bond donors (Lipinski definition) is 1. The first-order valence-corrected chi connectivity index (χ1v) is 9.56. The smallest absolute Gasteiger partial charge is 0.244 e. The molecular formula is C14H22N2O2S2. The van der Waals surface area contributed by atoms with Crippen molar-refractivity contribution in [1.29, 1.82) is 0 Å². The van der Waals surface area contributed by atoms with Crippen LogP contribution in [0.3, 0.4) is 0 Å². The zero-order valence-corrected chi connectivity index (χ0v) is 13.5. The Hall–Kier alpha value is -0.430. The molecule has 1 heterocycles. The molecule has 0 saturated heterocycles. The maximum Gasteiger partial charge on any atom is 0.244 e. The summed E-state index contributed by atoms with van der Waals surface area (Å²) in [5.74, 6) is 1.16. The van der Waals surface area contributed by atoms with Gasteiger partial charge in [0, 0.05) is 29.4 Å². The molecule has 1 aromatic heterocycles. The van der Waals surface area contributed by atoms with Crippen LogP contribution in [-0.4, -0.2) is 25.8 Å². The number of thiophene rings is 1. The fourth-order valence-corrected chi connectivity index (χ4v) is 5.54. The Kier molecular flexibility index (Phi) is 3.92. The van der Waals surface area contributed by atoms with E-state index in [1.807, 2.05) is 6.92 Å². The Morgan fingerprint density at radius 3 is 2.20 bits per heavy atom. The molecule has 1 aromatic rings. The summed E-state index contributed by atoms with van der Waals surface area (Å²) < 4.78 is 27.5. The Labute approximate surface area is 125 Å². The lowest BCUT2D eigenvalue weighted by atomic mass is 10.4. The van der Waals surface area contributed by atoms with Gasteiger partial charge in [0.2, 0.25) is 10.0 Å². The van der Waals surface area contributed by atoms with Crippen LogP contribution >= 0.6 is 11.3 Å². The van der Waals surface area contributed by atoms with E-state index in [0.717, 1.165) is 9.75 Å². The van der Waals surface area contributed by atoms with E-state index in [4.69, 9.17) is 5.73 Å². The first-order valence-electron chi connectivity index (χ1n) is 7.30. The molecule has 0 aromatic carbocycles. The van der Waals surface area contributed by atoms with Gasteiger partial charge in [-0.15, -0.1) is 11.3 Å². The van der Waals surface area contributed by atoms with E-state index in [9.17, 15) is 8.42 Å². The molecule has 6 heteroatoms. The highest BCUT2D eigenvalue weighted by Gasteiger charge is 2.36. The van der Waals surface area contributed by atoms with Gasteiger partial charge in [-0.05, 0) is 50.5 Å². The SMILES string of the molecule is Cc1sc(CN)cc1S(=O)(=O)N(CC1CC1)CC1CC1. The molecule has 0 unspecified atom stereocenters. The zero-order chi connectivity index (χ0) is 14.3. The highest BCUT2D eigenvalue weighted by Crippen LogP contribution is 2.37. The van der Waals surface area contributed by atoms with Crippen LogP contribution in [0.25, 0.3) is 0 Å². The van der Waals surface area contributed by atoms with Crippen LogP contribution in [-0.2, 0) is 16.6 Å². The Balaban J connectivity index is 1.86. The summed E-state index contributed by atoms with van der Waals surface area (Å²) in [6, 6.07) is 1.77. The topological polar surface area (TPSA) is 63.4 Å². The lowest BCUT2D eigenvalue weighted by molar-refractivity contribution is 0.382. The largest absolute Gasteiger partial charge is 0.326 e. The minimum absolute atomic E-state index is 0.409. The van der Waals surface area contributed by atoms with Gasteiger partial charge >= 0.3 is 0 Å². The Morgan fingerprint density at radius 1 is 1.25 bits per heavy atom. The van der Waals surface area contributed by atoms with Crippen molar-refractivity contribution in [2.75, 3.05) is 13.1 Å². The maximum atomic E-state index is 12.9. The third-order valence-corrected chi connectivity index (χ3v) is 7.22. The minimum atomic E-state index is -3.34. The second kappa shape index (κ2) is 5.40. The van der Waals surface area contributed by atoms with Crippen LogP contribution in [0.1, 0.15) is 35.4 Å². The van der Waals surface area contributed by atoms with Crippen molar-refractivity contribution < 1.29 is 8.42 Å². The van der Waals surface area contributed by atoms with Crippen molar-refractivity contribution in [3.63, 3.8) is 0 Å². The predicted molar refractivity (Wildman–Crippen MR) is 81.2 cm³/mol. The Bertz CT molecular complexity index is 572. The minimum Gasteiger partial charge on any atom is -0.326 e. The summed E-state index contributed by atoms with van der Waals surface area (Å²) in [4.78, 5) is 2.28. The molecule has 0 amide bonds. The zero-order valence-electron chi connectivity index (χ0n) is 11.8. The molecule has 2 aliphatic rings. The third-order valence-electron chi connectivity index (χ3n) is 4.06. The summed E-state index contributed by atoms with van der Waals surface area (Å²) >= 11 is 1.50. The summed E-state index contributed by atoms with van der Waals surface area (Å²) in [5.41, 5.74) is 5.63. The number of sulfonamides is 1. The third kappa shape index (κ3) is 3.08. The highest BCUT2D eigenvalue weighted by molar-refractivity contribution is 7.89. The average molecular weight is 314 g/mol. The molecule has 0 bridgehead atoms. The maximum absolute atomic E-state index is 12.9. The van der Waals surface area contributed by atoms with Crippen LogP contribution in [0.5, 0.6) is 0 Å². The molecule has 3 rings (SSSR count). The molecule has 4 nitrogen and oxygen atoms in total. The van der Waals surface area contributed by atoms with Crippen molar-refractivity contribution in [2.24, 2.45) is 17.6 Å². The van der Waals surface area contributed by atoms with Gasteiger partial charge in [0.1, 0.15) is 0 Å². The second-order valence-corrected chi connectivity index (χ2v) is 9.29. The van der Waals surface area contributed by atoms with E-state index in [1.54, 1.807) is 10.4 Å². The quantitative estimate of drug-likeness (QED) is 0.840. The highest BCUT2D eigenvalue weighted by atomic mass is 32.2. The number of aryl methyl sites for hydroxylation is 1. The molecule has 0 radical (unpaired) electrons. The van der Waals surface area contributed by atoms with Crippen molar-refractivity contribution in [2.45, 2.75) is 44.0 Å². The van der Waals surface area contributed by atoms with Crippen LogP contribution in [0.2, 0.25) is 0 Å². The van der Waals surface area contributed by atoms with E-state index >= 15 is 0 Å². The van der Waals surface area contributed by atoms with Crippen molar-refractivity contribution in [3.8, 4) is 0 Å². The van der Waals surface area contributed by atoms with Gasteiger partial charge in [0.15, 0.2) is 0 Å². The van der Waals surface area contributed by atoms with E-state index in [1.165, 1.54) is 37.0 Å². The summed E-state index contributed by atoms with van der Waals surface area (Å²) in [6.45, 7) is 3.69. The standard InChI is InChI=1S/C14H22N2O2S2/c1-10-14(6-13(7-15)19-10)20(17,18)16(8-11-2-3-11)9-12-4-5-12/h6,11-12H,2-5,7-9,15H2,1H3. The molecule has 2 aliphatic carbocycles. The molecule has 0 atom stereocenters. The molecular weight excluding hydrogens is 292 g/mol. The lowest BCUT2D eigenvalue weighted by Crippen LogP contribution is -2.34. The fraction of sp³-hybridized carbons (Fsp3) is 0.714. The number of nitrogens with zero attached hydrogens (tertiary/aromatic N) is 1. The molecule has 0 aliphatic heterocycles. The molecule has 2 saturated carbocycles. The van der Waals surface area contributed by atoms with Crippen LogP contribution in [0.15, 0.2) is 11.0 Å².